The Balaban J connectivity index is 1.94. The summed E-state index contributed by atoms with van der Waals surface area (Å²) in [4.78, 5) is 0. The number of hydrogen-bond donors (Lipinski definition) is 1. The summed E-state index contributed by atoms with van der Waals surface area (Å²) < 4.78 is 27.2. The normalized spacial score (nSPS) is 22.1. The van der Waals surface area contributed by atoms with Crippen molar-refractivity contribution in [3.8, 4) is 0 Å². The first-order valence-corrected chi connectivity index (χ1v) is 7.19. The van der Waals surface area contributed by atoms with Gasteiger partial charge in [0.2, 0.25) is 5.92 Å². The average molecular weight is 318 g/mol. The van der Waals surface area contributed by atoms with Gasteiger partial charge in [-0.1, -0.05) is 22.9 Å². The summed E-state index contributed by atoms with van der Waals surface area (Å²) in [6.07, 6.45) is 1.62. The molecule has 2 rings (SSSR count). The molecule has 1 aromatic carbocycles. The quantitative estimate of drug-likeness (QED) is 0.836. The van der Waals surface area contributed by atoms with Crippen LogP contribution in [0, 0.1) is 5.92 Å². The zero-order chi connectivity index (χ0) is 13.2. The third-order valence-corrected chi connectivity index (χ3v) is 4.03. The molecule has 0 aliphatic heterocycles. The number of nitrogens with one attached hydrogen (secondary N) is 1. The number of aryl methyl sites for hydroxylation is 1. The van der Waals surface area contributed by atoms with Crippen molar-refractivity contribution in [3.63, 3.8) is 0 Å². The van der Waals surface area contributed by atoms with Gasteiger partial charge in [0.25, 0.3) is 0 Å². The Morgan fingerprint density at radius 2 is 2.22 bits per heavy atom. The van der Waals surface area contributed by atoms with Crippen LogP contribution in [0.5, 0.6) is 0 Å². The number of anilines is 1. The molecule has 1 aliphatic carbocycles. The van der Waals surface area contributed by atoms with Gasteiger partial charge >= 0.3 is 0 Å². The summed E-state index contributed by atoms with van der Waals surface area (Å²) in [6, 6.07) is 6.06. The van der Waals surface area contributed by atoms with E-state index in [-0.39, 0.29) is 18.8 Å². The molecule has 0 aromatic heterocycles. The summed E-state index contributed by atoms with van der Waals surface area (Å²) in [5, 5.41) is 3.32. The molecular weight excluding hydrogens is 300 g/mol. The van der Waals surface area contributed by atoms with Crippen LogP contribution in [0.15, 0.2) is 22.7 Å². The van der Waals surface area contributed by atoms with Gasteiger partial charge in [0.05, 0.1) is 0 Å². The van der Waals surface area contributed by atoms with Gasteiger partial charge in [-0.2, -0.15) is 0 Å². The van der Waals surface area contributed by atoms with E-state index in [0.717, 1.165) is 16.6 Å². The molecule has 1 nitrogen and oxygen atoms in total. The van der Waals surface area contributed by atoms with Crippen molar-refractivity contribution >= 4 is 21.6 Å². The van der Waals surface area contributed by atoms with E-state index in [0.29, 0.717) is 13.0 Å². The lowest BCUT2D eigenvalue weighted by molar-refractivity contribution is 0.00556. The van der Waals surface area contributed by atoms with E-state index in [1.54, 1.807) is 0 Å². The van der Waals surface area contributed by atoms with E-state index in [2.05, 4.69) is 34.2 Å². The first-order valence-electron chi connectivity index (χ1n) is 6.40. The second kappa shape index (κ2) is 5.55. The smallest absolute Gasteiger partial charge is 0.248 e. The molecule has 1 unspecified atom stereocenters. The Bertz CT molecular complexity index is 420. The van der Waals surface area contributed by atoms with Gasteiger partial charge in [0, 0.05) is 29.5 Å². The molecule has 1 aliphatic rings. The summed E-state index contributed by atoms with van der Waals surface area (Å²) in [5.74, 6) is -2.35. The molecule has 1 atom stereocenters. The van der Waals surface area contributed by atoms with Crippen LogP contribution in [0.1, 0.15) is 31.7 Å². The molecule has 0 spiro atoms. The average Bonchev–Trinajstić information content (AvgIpc) is 2.67. The van der Waals surface area contributed by atoms with E-state index in [1.165, 1.54) is 5.56 Å². The predicted octanol–water partition coefficient (Wildman–Crippen LogP) is 4.86. The largest absolute Gasteiger partial charge is 0.385 e. The zero-order valence-electron chi connectivity index (χ0n) is 10.5. The van der Waals surface area contributed by atoms with Crippen LogP contribution < -0.4 is 5.32 Å². The lowest BCUT2D eigenvalue weighted by Crippen LogP contribution is -2.15. The first kappa shape index (κ1) is 13.8. The lowest BCUT2D eigenvalue weighted by Gasteiger charge is -2.15. The lowest BCUT2D eigenvalue weighted by atomic mass is 10.1. The molecule has 0 heterocycles. The molecule has 0 saturated heterocycles. The second-order valence-corrected chi connectivity index (χ2v) is 5.92. The van der Waals surface area contributed by atoms with E-state index in [9.17, 15) is 8.78 Å². The van der Waals surface area contributed by atoms with Crippen molar-refractivity contribution in [2.45, 2.75) is 38.5 Å². The van der Waals surface area contributed by atoms with Gasteiger partial charge in [-0.25, -0.2) is 8.78 Å². The Kier molecular flexibility index (Phi) is 4.25. The summed E-state index contributed by atoms with van der Waals surface area (Å²) in [7, 11) is 0. The highest BCUT2D eigenvalue weighted by atomic mass is 79.9. The SMILES string of the molecule is CCc1cc(Br)ccc1NCC1CCC(F)(F)C1. The zero-order valence-corrected chi connectivity index (χ0v) is 12.1. The number of rotatable bonds is 4. The summed E-state index contributed by atoms with van der Waals surface area (Å²) >= 11 is 3.44. The highest BCUT2D eigenvalue weighted by Crippen LogP contribution is 2.38. The minimum absolute atomic E-state index is 0.0258. The monoisotopic (exact) mass is 317 g/mol. The third-order valence-electron chi connectivity index (χ3n) is 3.54. The number of benzene rings is 1. The van der Waals surface area contributed by atoms with Gasteiger partial charge in [-0.15, -0.1) is 0 Å². The molecular formula is C14H18BrF2N. The van der Waals surface area contributed by atoms with Gasteiger partial charge in [-0.05, 0) is 42.5 Å². The van der Waals surface area contributed by atoms with Crippen molar-refractivity contribution in [2.75, 3.05) is 11.9 Å². The van der Waals surface area contributed by atoms with Crippen LogP contribution in [0.25, 0.3) is 0 Å². The number of hydrogen-bond acceptors (Lipinski definition) is 1. The minimum Gasteiger partial charge on any atom is -0.385 e. The highest BCUT2D eigenvalue weighted by molar-refractivity contribution is 9.10. The molecule has 100 valence electrons. The Labute approximate surface area is 115 Å². The van der Waals surface area contributed by atoms with Gasteiger partial charge < -0.3 is 5.32 Å². The maximum absolute atomic E-state index is 13.1. The fourth-order valence-corrected chi connectivity index (χ4v) is 2.91. The van der Waals surface area contributed by atoms with Crippen LogP contribution in [-0.4, -0.2) is 12.5 Å². The van der Waals surface area contributed by atoms with E-state index >= 15 is 0 Å². The molecule has 1 saturated carbocycles. The standard InChI is InChI=1S/C14H18BrF2N/c1-2-11-7-12(15)3-4-13(11)18-9-10-5-6-14(16,17)8-10/h3-4,7,10,18H,2,5-6,8-9H2,1H3. The third kappa shape index (κ3) is 3.44. The first-order chi connectivity index (χ1) is 8.50. The van der Waals surface area contributed by atoms with E-state index in [1.807, 2.05) is 12.1 Å². The predicted molar refractivity (Wildman–Crippen MR) is 74.3 cm³/mol. The van der Waals surface area contributed by atoms with Gasteiger partial charge in [0.15, 0.2) is 0 Å². The molecule has 1 aromatic rings. The van der Waals surface area contributed by atoms with Crippen LogP contribution in [-0.2, 0) is 6.42 Å². The van der Waals surface area contributed by atoms with Gasteiger partial charge in [-0.3, -0.25) is 0 Å². The molecule has 0 amide bonds. The Hall–Kier alpha value is -0.640. The maximum atomic E-state index is 13.1. The molecule has 1 fully saturated rings. The van der Waals surface area contributed by atoms with Crippen molar-refractivity contribution < 1.29 is 8.78 Å². The van der Waals surface area contributed by atoms with Crippen LogP contribution in [0.3, 0.4) is 0 Å². The van der Waals surface area contributed by atoms with Crippen LogP contribution >= 0.6 is 15.9 Å². The van der Waals surface area contributed by atoms with Gasteiger partial charge in [0.1, 0.15) is 0 Å². The number of alkyl halides is 2. The van der Waals surface area contributed by atoms with Crippen molar-refractivity contribution in [3.05, 3.63) is 28.2 Å². The minimum atomic E-state index is -2.44. The molecule has 1 N–H and O–H groups in total. The van der Waals surface area contributed by atoms with E-state index < -0.39 is 5.92 Å². The molecule has 0 bridgehead atoms. The molecule has 18 heavy (non-hydrogen) atoms. The molecule has 4 heteroatoms. The van der Waals surface area contributed by atoms with Crippen molar-refractivity contribution in [1.29, 1.82) is 0 Å². The summed E-state index contributed by atoms with van der Waals surface area (Å²) in [6.45, 7) is 2.74. The van der Waals surface area contributed by atoms with Crippen molar-refractivity contribution in [2.24, 2.45) is 5.92 Å². The Morgan fingerprint density at radius 1 is 1.44 bits per heavy atom. The molecule has 0 radical (unpaired) electrons. The number of halogens is 3. The fourth-order valence-electron chi connectivity index (χ4n) is 2.50. The summed E-state index contributed by atoms with van der Waals surface area (Å²) in [5.41, 5.74) is 2.28. The van der Waals surface area contributed by atoms with Crippen molar-refractivity contribution in [1.82, 2.24) is 0 Å². The van der Waals surface area contributed by atoms with Crippen LogP contribution in [0.2, 0.25) is 0 Å². The maximum Gasteiger partial charge on any atom is 0.248 e. The highest BCUT2D eigenvalue weighted by Gasteiger charge is 2.39. The second-order valence-electron chi connectivity index (χ2n) is 5.00. The Morgan fingerprint density at radius 3 is 2.83 bits per heavy atom. The fraction of sp³-hybridized carbons (Fsp3) is 0.571. The van der Waals surface area contributed by atoms with Crippen LogP contribution in [0.4, 0.5) is 14.5 Å². The van der Waals surface area contributed by atoms with E-state index in [4.69, 9.17) is 0 Å². The topological polar surface area (TPSA) is 12.0 Å².